The Bertz CT molecular complexity index is 732. The summed E-state index contributed by atoms with van der Waals surface area (Å²) < 4.78 is 5.44. The average molecular weight is 334 g/mol. The topological polar surface area (TPSA) is 49.8 Å². The van der Waals surface area contributed by atoms with Crippen LogP contribution in [0.2, 0.25) is 5.02 Å². The van der Waals surface area contributed by atoms with E-state index in [1.165, 1.54) is 0 Å². The average Bonchev–Trinajstić information content (AvgIpc) is 3.04. The van der Waals surface area contributed by atoms with Crippen LogP contribution in [0.4, 0.5) is 0 Å². The van der Waals surface area contributed by atoms with Crippen molar-refractivity contribution < 1.29 is 14.6 Å². The predicted molar refractivity (Wildman–Crippen MR) is 91.1 cm³/mol. The van der Waals surface area contributed by atoms with Crippen LogP contribution in [0.25, 0.3) is 10.8 Å². The molecule has 2 aromatic rings. The van der Waals surface area contributed by atoms with Crippen molar-refractivity contribution in [1.82, 2.24) is 4.90 Å². The number of halogens is 1. The summed E-state index contributed by atoms with van der Waals surface area (Å²) in [5, 5.41) is 12.3. The second kappa shape index (κ2) is 6.77. The summed E-state index contributed by atoms with van der Waals surface area (Å²) in [6.45, 7) is 4.66. The molecule has 4 nitrogen and oxygen atoms in total. The second-order valence-corrected chi connectivity index (χ2v) is 6.27. The van der Waals surface area contributed by atoms with Gasteiger partial charge in [-0.3, -0.25) is 4.79 Å². The number of carbonyl (C=O) groups excluding carboxylic acids is 1. The van der Waals surface area contributed by atoms with Gasteiger partial charge in [-0.05, 0) is 19.4 Å². The monoisotopic (exact) mass is 333 g/mol. The van der Waals surface area contributed by atoms with E-state index < -0.39 is 0 Å². The summed E-state index contributed by atoms with van der Waals surface area (Å²) >= 11 is 6.28. The van der Waals surface area contributed by atoms with Gasteiger partial charge in [-0.25, -0.2) is 0 Å². The molecule has 3 rings (SSSR count). The third-order valence-electron chi connectivity index (χ3n) is 4.33. The van der Waals surface area contributed by atoms with Crippen molar-refractivity contribution in [1.29, 1.82) is 0 Å². The maximum absolute atomic E-state index is 12.7. The maximum Gasteiger partial charge on any atom is 0.257 e. The standard InChI is InChI=1S/C18H20ClNO3/c1-2-23-11-12-7-8-20(10-12)18(22)15-9-16(19)13-5-3-4-6-14(13)17(15)21/h3-6,9,12,21H,2,7-8,10-11H2,1H3. The first-order valence-corrected chi connectivity index (χ1v) is 8.26. The van der Waals surface area contributed by atoms with Crippen molar-refractivity contribution in [3.05, 3.63) is 40.9 Å². The molecule has 23 heavy (non-hydrogen) atoms. The largest absolute Gasteiger partial charge is 0.506 e. The van der Waals surface area contributed by atoms with E-state index >= 15 is 0 Å². The normalized spacial score (nSPS) is 17.8. The van der Waals surface area contributed by atoms with Gasteiger partial charge in [0.15, 0.2) is 0 Å². The van der Waals surface area contributed by atoms with E-state index in [1.54, 1.807) is 17.0 Å². The molecule has 0 bridgehead atoms. The molecule has 1 aliphatic heterocycles. The van der Waals surface area contributed by atoms with Crippen molar-refractivity contribution in [3.63, 3.8) is 0 Å². The molecule has 1 fully saturated rings. The van der Waals surface area contributed by atoms with Crippen molar-refractivity contribution in [2.45, 2.75) is 13.3 Å². The van der Waals surface area contributed by atoms with Crippen LogP contribution in [0.5, 0.6) is 5.75 Å². The van der Waals surface area contributed by atoms with Gasteiger partial charge in [-0.2, -0.15) is 0 Å². The number of hydrogen-bond donors (Lipinski definition) is 1. The zero-order valence-corrected chi connectivity index (χ0v) is 13.8. The number of aromatic hydroxyl groups is 1. The van der Waals surface area contributed by atoms with E-state index in [4.69, 9.17) is 16.3 Å². The van der Waals surface area contributed by atoms with Crippen LogP contribution in [-0.2, 0) is 4.74 Å². The van der Waals surface area contributed by atoms with Gasteiger partial charge in [0, 0.05) is 41.4 Å². The lowest BCUT2D eigenvalue weighted by Crippen LogP contribution is -2.29. The summed E-state index contributed by atoms with van der Waals surface area (Å²) in [7, 11) is 0. The van der Waals surface area contributed by atoms with Crippen LogP contribution in [0.1, 0.15) is 23.7 Å². The summed E-state index contributed by atoms with van der Waals surface area (Å²) in [6.07, 6.45) is 0.924. The number of fused-ring (bicyclic) bond motifs is 1. The Hall–Kier alpha value is -1.78. The Morgan fingerprint density at radius 1 is 1.39 bits per heavy atom. The highest BCUT2D eigenvalue weighted by molar-refractivity contribution is 6.36. The smallest absolute Gasteiger partial charge is 0.257 e. The lowest BCUT2D eigenvalue weighted by molar-refractivity contribution is 0.0760. The van der Waals surface area contributed by atoms with Crippen LogP contribution < -0.4 is 0 Å². The number of phenols is 1. The molecule has 122 valence electrons. The molecule has 2 aromatic carbocycles. The number of amides is 1. The van der Waals surface area contributed by atoms with Crippen LogP contribution >= 0.6 is 11.6 Å². The summed E-state index contributed by atoms with van der Waals surface area (Å²) in [5.41, 5.74) is 0.269. The number of likely N-dealkylation sites (tertiary alicyclic amines) is 1. The fourth-order valence-electron chi connectivity index (χ4n) is 3.09. The van der Waals surface area contributed by atoms with E-state index in [2.05, 4.69) is 0 Å². The Kier molecular flexibility index (Phi) is 4.74. The number of phenolic OH excluding ortho intramolecular Hbond substituents is 1. The van der Waals surface area contributed by atoms with Crippen LogP contribution in [0.15, 0.2) is 30.3 Å². The molecular weight excluding hydrogens is 314 g/mol. The third kappa shape index (κ3) is 3.14. The van der Waals surface area contributed by atoms with Gasteiger partial charge in [-0.1, -0.05) is 35.9 Å². The van der Waals surface area contributed by atoms with Crippen LogP contribution in [-0.4, -0.2) is 42.2 Å². The second-order valence-electron chi connectivity index (χ2n) is 5.87. The molecule has 1 saturated heterocycles. The molecule has 1 aliphatic rings. The minimum Gasteiger partial charge on any atom is -0.506 e. The predicted octanol–water partition coefficient (Wildman–Crippen LogP) is 3.70. The third-order valence-corrected chi connectivity index (χ3v) is 4.64. The van der Waals surface area contributed by atoms with E-state index in [-0.39, 0.29) is 17.2 Å². The van der Waals surface area contributed by atoms with E-state index in [0.29, 0.717) is 42.6 Å². The van der Waals surface area contributed by atoms with E-state index in [0.717, 1.165) is 11.8 Å². The Labute approximate surface area is 140 Å². The first-order chi connectivity index (χ1) is 11.1. The fourth-order valence-corrected chi connectivity index (χ4v) is 3.36. The maximum atomic E-state index is 12.7. The minimum absolute atomic E-state index is 0.00302. The molecule has 1 amide bonds. The van der Waals surface area contributed by atoms with Gasteiger partial charge in [-0.15, -0.1) is 0 Å². The highest BCUT2D eigenvalue weighted by Gasteiger charge is 2.29. The zero-order valence-electron chi connectivity index (χ0n) is 13.1. The first-order valence-electron chi connectivity index (χ1n) is 7.89. The molecule has 0 aromatic heterocycles. The van der Waals surface area contributed by atoms with Crippen LogP contribution in [0.3, 0.4) is 0 Å². The number of ether oxygens (including phenoxy) is 1. The van der Waals surface area contributed by atoms with Gasteiger partial charge in [0.05, 0.1) is 12.2 Å². The summed E-state index contributed by atoms with van der Waals surface area (Å²) in [5.74, 6) is 0.189. The Morgan fingerprint density at radius 3 is 2.87 bits per heavy atom. The molecular formula is C18H20ClNO3. The molecule has 0 radical (unpaired) electrons. The van der Waals surface area contributed by atoms with Gasteiger partial charge in [0.2, 0.25) is 0 Å². The highest BCUT2D eigenvalue weighted by Crippen LogP contribution is 2.35. The lowest BCUT2D eigenvalue weighted by atomic mass is 10.0. The Balaban J connectivity index is 1.86. The quantitative estimate of drug-likeness (QED) is 0.928. The van der Waals surface area contributed by atoms with E-state index in [9.17, 15) is 9.90 Å². The number of carbonyl (C=O) groups is 1. The minimum atomic E-state index is -0.172. The Morgan fingerprint density at radius 2 is 2.13 bits per heavy atom. The zero-order chi connectivity index (χ0) is 16.4. The van der Waals surface area contributed by atoms with Gasteiger partial charge in [0.1, 0.15) is 5.75 Å². The number of nitrogens with zero attached hydrogens (tertiary/aromatic N) is 1. The number of rotatable bonds is 4. The van der Waals surface area contributed by atoms with Crippen molar-refractivity contribution in [2.24, 2.45) is 5.92 Å². The molecule has 0 saturated carbocycles. The lowest BCUT2D eigenvalue weighted by Gasteiger charge is -2.18. The highest BCUT2D eigenvalue weighted by atomic mass is 35.5. The molecule has 0 spiro atoms. The first kappa shape index (κ1) is 16.1. The fraction of sp³-hybridized carbons (Fsp3) is 0.389. The van der Waals surface area contributed by atoms with E-state index in [1.807, 2.05) is 25.1 Å². The van der Waals surface area contributed by atoms with Gasteiger partial charge in [0.25, 0.3) is 5.91 Å². The SMILES string of the molecule is CCOCC1CCN(C(=O)c2cc(Cl)c3ccccc3c2O)C1. The number of hydrogen-bond acceptors (Lipinski definition) is 3. The molecule has 1 unspecified atom stereocenters. The molecule has 1 atom stereocenters. The molecule has 1 N–H and O–H groups in total. The van der Waals surface area contributed by atoms with Crippen molar-refractivity contribution in [2.75, 3.05) is 26.3 Å². The summed E-state index contributed by atoms with van der Waals surface area (Å²) in [4.78, 5) is 14.5. The molecule has 5 heteroatoms. The van der Waals surface area contributed by atoms with Crippen molar-refractivity contribution in [3.8, 4) is 5.75 Å². The van der Waals surface area contributed by atoms with Crippen LogP contribution in [0, 0.1) is 5.92 Å². The van der Waals surface area contributed by atoms with Crippen molar-refractivity contribution >= 4 is 28.3 Å². The molecule has 1 heterocycles. The van der Waals surface area contributed by atoms with Gasteiger partial charge < -0.3 is 14.7 Å². The summed E-state index contributed by atoms with van der Waals surface area (Å²) in [6, 6.07) is 8.85. The van der Waals surface area contributed by atoms with Gasteiger partial charge >= 0.3 is 0 Å². The number of benzene rings is 2. The molecule has 0 aliphatic carbocycles.